The third-order valence-corrected chi connectivity index (χ3v) is 8.34. The van der Waals surface area contributed by atoms with Crippen LogP contribution in [0.25, 0.3) is 38.4 Å². The Morgan fingerprint density at radius 1 is 0.659 bits per heavy atom. The van der Waals surface area contributed by atoms with Gasteiger partial charge in [-0.2, -0.15) is 16.8 Å². The lowest BCUT2D eigenvalue weighted by atomic mass is 10.0. The molecule has 0 aliphatic rings. The summed E-state index contributed by atoms with van der Waals surface area (Å²) in [4.78, 5) is 53.3. The molecule has 3 N–H and O–H groups in total. The van der Waals surface area contributed by atoms with E-state index in [1.807, 2.05) is 0 Å². The third-order valence-electron chi connectivity index (χ3n) is 6.73. The molecule has 0 atom stereocenters. The molecule has 0 unspecified atom stereocenters. The third kappa shape index (κ3) is 6.62. The van der Waals surface area contributed by atoms with Crippen LogP contribution in [0.2, 0.25) is 0 Å². The Labute approximate surface area is 248 Å². The second-order valence-electron chi connectivity index (χ2n) is 9.86. The van der Waals surface area contributed by atoms with E-state index >= 15 is 0 Å². The first-order valence-electron chi connectivity index (χ1n) is 13.0. The molecule has 2 aromatic heterocycles. The molecule has 5 rings (SSSR count). The number of fused-ring (bicyclic) bond motifs is 2. The molecule has 0 bridgehead atoms. The van der Waals surface area contributed by atoms with Gasteiger partial charge >= 0.3 is 0 Å². The van der Waals surface area contributed by atoms with Crippen LogP contribution in [0.15, 0.2) is 73.8 Å². The van der Waals surface area contributed by atoms with Gasteiger partial charge in [-0.25, -0.2) is 4.57 Å². The summed E-state index contributed by atoms with van der Waals surface area (Å²) in [6.07, 6.45) is -0.0527. The van der Waals surface area contributed by atoms with E-state index < -0.39 is 54.0 Å². The molecule has 0 fully saturated rings. The molecule has 2 heterocycles. The van der Waals surface area contributed by atoms with Crippen molar-refractivity contribution in [2.45, 2.75) is 12.8 Å². The average molecular weight is 645 g/mol. The maximum absolute atomic E-state index is 13.4. The molecule has 44 heavy (non-hydrogen) atoms. The van der Waals surface area contributed by atoms with Gasteiger partial charge < -0.3 is 9.47 Å². The van der Waals surface area contributed by atoms with E-state index in [2.05, 4.69) is 4.98 Å². The predicted octanol–water partition coefficient (Wildman–Crippen LogP) is 1.41. The van der Waals surface area contributed by atoms with Crippen molar-refractivity contribution in [2.75, 3.05) is 24.7 Å². The number of hydrogen-bond acceptors (Lipinski definition) is 10. The summed E-state index contributed by atoms with van der Waals surface area (Å²) in [7, 11) is -8.39. The fourth-order valence-corrected chi connectivity index (χ4v) is 5.70. The number of hydrogen-bond donors (Lipinski definition) is 3. The van der Waals surface area contributed by atoms with Crippen LogP contribution in [0.3, 0.4) is 0 Å². The average Bonchev–Trinajstić information content (AvgIpc) is 3.37. The molecule has 230 valence electrons. The van der Waals surface area contributed by atoms with Gasteiger partial charge in [0, 0.05) is 0 Å². The van der Waals surface area contributed by atoms with Crippen LogP contribution in [-0.2, 0) is 20.2 Å². The van der Waals surface area contributed by atoms with Crippen LogP contribution in [0.5, 0.6) is 11.5 Å². The molecule has 14 nitrogen and oxygen atoms in total. The van der Waals surface area contributed by atoms with E-state index in [0.717, 1.165) is 4.57 Å². The van der Waals surface area contributed by atoms with Crippen LogP contribution in [0.1, 0.15) is 12.8 Å². The molecule has 0 spiro atoms. The van der Waals surface area contributed by atoms with E-state index in [4.69, 9.17) is 18.6 Å². The quantitative estimate of drug-likeness (QED) is 0.130. The zero-order chi connectivity index (χ0) is 31.8. The van der Waals surface area contributed by atoms with Crippen molar-refractivity contribution in [3.05, 3.63) is 96.0 Å². The maximum Gasteiger partial charge on any atom is 0.266 e. The summed E-state index contributed by atoms with van der Waals surface area (Å²) in [6.45, 7) is -0.194. The van der Waals surface area contributed by atoms with Gasteiger partial charge in [-0.1, -0.05) is 18.2 Å². The van der Waals surface area contributed by atoms with E-state index in [9.17, 15) is 36.0 Å². The summed E-state index contributed by atoms with van der Waals surface area (Å²) in [5.41, 5.74) is -1.76. The minimum atomic E-state index is -4.27. The summed E-state index contributed by atoms with van der Waals surface area (Å²) in [5, 5.41) is -0.236. The zero-order valence-corrected chi connectivity index (χ0v) is 24.3. The van der Waals surface area contributed by atoms with Crippen molar-refractivity contribution < 1.29 is 35.4 Å². The monoisotopic (exact) mass is 644 g/mol. The van der Waals surface area contributed by atoms with E-state index in [1.165, 1.54) is 24.3 Å². The van der Waals surface area contributed by atoms with Gasteiger partial charge in [-0.3, -0.25) is 33.3 Å². The normalized spacial score (nSPS) is 12.2. The Hall–Kier alpha value is -4.64. The van der Waals surface area contributed by atoms with Crippen molar-refractivity contribution in [2.24, 2.45) is 0 Å². The number of rotatable bonds is 12. The number of benzene rings is 3. The van der Waals surface area contributed by atoms with Crippen molar-refractivity contribution in [3.8, 4) is 28.3 Å². The lowest BCUT2D eigenvalue weighted by molar-refractivity contribution is 0.315. The van der Waals surface area contributed by atoms with Gasteiger partial charge in [-0.05, 0) is 60.4 Å². The molecule has 3 aromatic carbocycles. The van der Waals surface area contributed by atoms with Crippen molar-refractivity contribution in [1.29, 1.82) is 0 Å². The van der Waals surface area contributed by atoms with Crippen LogP contribution in [0.4, 0.5) is 0 Å². The van der Waals surface area contributed by atoms with Crippen molar-refractivity contribution in [3.63, 3.8) is 0 Å². The first kappa shape index (κ1) is 30.8. The summed E-state index contributed by atoms with van der Waals surface area (Å²) in [6, 6.07) is 13.6. The number of aromatic amines is 1. The molecular weight excluding hydrogens is 620 g/mol. The Morgan fingerprint density at radius 2 is 1.20 bits per heavy atom. The molecule has 0 amide bonds. The highest BCUT2D eigenvalue weighted by Gasteiger charge is 2.21. The van der Waals surface area contributed by atoms with Gasteiger partial charge in [0.15, 0.2) is 0 Å². The van der Waals surface area contributed by atoms with Gasteiger partial charge in [0.1, 0.15) is 11.5 Å². The maximum atomic E-state index is 13.4. The largest absolute Gasteiger partial charge is 0.494 e. The lowest BCUT2D eigenvalue weighted by Crippen LogP contribution is -2.24. The van der Waals surface area contributed by atoms with E-state index in [0.29, 0.717) is 16.9 Å². The molecular formula is C28H24N2O12S2. The summed E-state index contributed by atoms with van der Waals surface area (Å²) in [5.74, 6) is -0.637. The predicted molar refractivity (Wildman–Crippen MR) is 161 cm³/mol. The molecule has 5 aromatic rings. The molecule has 0 saturated heterocycles. The Kier molecular flexibility index (Phi) is 8.26. The fraction of sp³-hybridized carbons (Fsp3) is 0.214. The van der Waals surface area contributed by atoms with Crippen molar-refractivity contribution in [1.82, 2.24) is 9.55 Å². The van der Waals surface area contributed by atoms with Gasteiger partial charge in [0.2, 0.25) is 0 Å². The van der Waals surface area contributed by atoms with E-state index in [-0.39, 0.29) is 59.0 Å². The Bertz CT molecular complexity index is 2260. The minimum Gasteiger partial charge on any atom is -0.494 e. The number of nitrogens with one attached hydrogen (secondary N) is 1. The van der Waals surface area contributed by atoms with Crippen LogP contribution in [0, 0.1) is 0 Å². The standard InChI is InChI=1S/C28H24N2O12S2/c31-25-19-14-21-22(15-20(19)26(32)29-25)28(34)30(27(21)33)23-7-6-17(13-24(23)42-9-3-11-44(38,39)40)16-4-1-5-18(12-16)41-8-2-10-43(35,36)37/h1,4-7,12-15H,2-3,8-11H2,(H,29,31,32)(H,35,36,37)(H,38,39,40). The van der Waals surface area contributed by atoms with Crippen molar-refractivity contribution >= 4 is 41.8 Å². The SMILES string of the molecule is O=c1[nH]c(=O)c2cc3c(=O)n(-c4ccc(-c5cccc(OCCCS(=O)(=O)O)c5)cc4OCCCS(=O)(=O)O)c(=O)c3cc12. The highest BCUT2D eigenvalue weighted by molar-refractivity contribution is 7.86. The van der Waals surface area contributed by atoms with Crippen LogP contribution in [-0.4, -0.2) is 60.2 Å². The van der Waals surface area contributed by atoms with Crippen LogP contribution < -0.4 is 31.7 Å². The number of H-pyrrole nitrogens is 1. The highest BCUT2D eigenvalue weighted by Crippen LogP contribution is 2.31. The first-order chi connectivity index (χ1) is 20.7. The van der Waals surface area contributed by atoms with Gasteiger partial charge in [-0.15, -0.1) is 0 Å². The Balaban J connectivity index is 1.55. The van der Waals surface area contributed by atoms with E-state index in [1.54, 1.807) is 30.3 Å². The molecule has 0 radical (unpaired) electrons. The second kappa shape index (κ2) is 11.8. The number of nitrogens with zero attached hydrogens (tertiary/aromatic N) is 1. The topological polar surface area (TPSA) is 216 Å². The first-order valence-corrected chi connectivity index (χ1v) is 16.3. The fourth-order valence-electron chi connectivity index (χ4n) is 4.73. The molecule has 16 heteroatoms. The Morgan fingerprint density at radius 3 is 1.77 bits per heavy atom. The summed E-state index contributed by atoms with van der Waals surface area (Å²) < 4.78 is 74.4. The highest BCUT2D eigenvalue weighted by atomic mass is 32.2. The molecule has 0 aliphatic heterocycles. The smallest absolute Gasteiger partial charge is 0.266 e. The summed E-state index contributed by atoms with van der Waals surface area (Å²) >= 11 is 0. The number of aromatic nitrogens is 2. The zero-order valence-electron chi connectivity index (χ0n) is 22.7. The lowest BCUT2D eigenvalue weighted by Gasteiger charge is -2.14. The minimum absolute atomic E-state index is 0.0142. The number of ether oxygens (including phenoxy) is 2. The second-order valence-corrected chi connectivity index (χ2v) is 13.0. The molecule has 0 saturated carbocycles. The van der Waals surface area contributed by atoms with Crippen LogP contribution >= 0.6 is 0 Å². The van der Waals surface area contributed by atoms with Gasteiger partial charge in [0.25, 0.3) is 42.5 Å². The molecule has 0 aliphatic carbocycles. The van der Waals surface area contributed by atoms with Gasteiger partial charge in [0.05, 0.1) is 52.0 Å².